The largest absolute Gasteiger partial charge is 0.469 e. The fourth-order valence-corrected chi connectivity index (χ4v) is 3.63. The third-order valence-corrected chi connectivity index (χ3v) is 4.91. The molecule has 0 radical (unpaired) electrons. The average Bonchev–Trinajstić information content (AvgIpc) is 3.16. The van der Waals surface area contributed by atoms with E-state index in [0.29, 0.717) is 0 Å². The van der Waals surface area contributed by atoms with Gasteiger partial charge in [-0.05, 0) is 34.6 Å². The Kier molecular flexibility index (Phi) is 4.77. The van der Waals surface area contributed by atoms with E-state index in [4.69, 9.17) is 14.2 Å². The van der Waals surface area contributed by atoms with Gasteiger partial charge in [-0.1, -0.05) is 0 Å². The van der Waals surface area contributed by atoms with Crippen LogP contribution in [0.1, 0.15) is 48.5 Å². The van der Waals surface area contributed by atoms with E-state index < -0.39 is 57.8 Å². The molecule has 9 nitrogen and oxygen atoms in total. The van der Waals surface area contributed by atoms with Gasteiger partial charge in [0.1, 0.15) is 17.4 Å². The lowest BCUT2D eigenvalue weighted by atomic mass is 9.91. The Labute approximate surface area is 153 Å². The van der Waals surface area contributed by atoms with Crippen molar-refractivity contribution in [2.75, 3.05) is 7.11 Å². The molecule has 148 valence electrons. The van der Waals surface area contributed by atoms with Crippen LogP contribution in [0.3, 0.4) is 0 Å². The second-order valence-corrected chi connectivity index (χ2v) is 8.86. The van der Waals surface area contributed by atoms with Crippen molar-refractivity contribution >= 4 is 12.1 Å². The molecule has 1 amide bonds. The van der Waals surface area contributed by atoms with Crippen molar-refractivity contribution in [3.63, 3.8) is 0 Å². The molecule has 2 fully saturated rings. The van der Waals surface area contributed by atoms with E-state index in [-0.39, 0.29) is 0 Å². The Balaban J connectivity index is 2.42. The lowest BCUT2D eigenvalue weighted by molar-refractivity contribution is -0.580. The molecule has 0 aromatic heterocycles. The van der Waals surface area contributed by atoms with Gasteiger partial charge in [0.2, 0.25) is 5.54 Å². The second kappa shape index (κ2) is 6.07. The molecule has 26 heavy (non-hydrogen) atoms. The van der Waals surface area contributed by atoms with Gasteiger partial charge in [0, 0.05) is 24.7 Å². The molecule has 4 atom stereocenters. The molecule has 0 N–H and O–H groups in total. The average molecular weight is 372 g/mol. The van der Waals surface area contributed by atoms with Gasteiger partial charge in [-0.25, -0.2) is 4.79 Å². The molecule has 0 aromatic rings. The predicted molar refractivity (Wildman–Crippen MR) is 90.9 cm³/mol. The SMILES string of the molecule is COC(=O)[C@H]1[C@H]2[C@@H]1N(C(=O)OC(C)(C)C)C(C)(C)O[C@H]2C(C)(C)[N+](=O)[O-]. The van der Waals surface area contributed by atoms with E-state index >= 15 is 0 Å². The summed E-state index contributed by atoms with van der Waals surface area (Å²) in [4.78, 5) is 37.5. The molecule has 0 bridgehead atoms. The smallest absolute Gasteiger partial charge is 0.412 e. The summed E-state index contributed by atoms with van der Waals surface area (Å²) >= 11 is 0. The van der Waals surface area contributed by atoms with Crippen molar-refractivity contribution in [1.29, 1.82) is 0 Å². The van der Waals surface area contributed by atoms with Crippen LogP contribution in [0, 0.1) is 22.0 Å². The van der Waals surface area contributed by atoms with Gasteiger partial charge < -0.3 is 14.2 Å². The number of ether oxygens (including phenoxy) is 3. The fraction of sp³-hybridized carbons (Fsp3) is 0.882. The van der Waals surface area contributed by atoms with E-state index in [2.05, 4.69) is 0 Å². The normalized spacial score (nSPS) is 30.2. The summed E-state index contributed by atoms with van der Waals surface area (Å²) in [5.74, 6) is -1.72. The van der Waals surface area contributed by atoms with Crippen LogP contribution in [0.4, 0.5) is 4.79 Å². The Morgan fingerprint density at radius 1 is 1.19 bits per heavy atom. The number of hydrogen-bond donors (Lipinski definition) is 0. The molecule has 9 heteroatoms. The second-order valence-electron chi connectivity index (χ2n) is 8.86. The number of methoxy groups -OCH3 is 1. The van der Waals surface area contributed by atoms with Gasteiger partial charge >= 0.3 is 12.1 Å². The Hall–Kier alpha value is -1.90. The summed E-state index contributed by atoms with van der Waals surface area (Å²) in [7, 11) is 1.25. The zero-order chi connectivity index (χ0) is 20.2. The minimum atomic E-state index is -1.43. The maximum absolute atomic E-state index is 12.8. The highest BCUT2D eigenvalue weighted by Gasteiger charge is 2.74. The first-order valence-corrected chi connectivity index (χ1v) is 8.57. The Morgan fingerprint density at radius 3 is 2.15 bits per heavy atom. The number of esters is 1. The summed E-state index contributed by atoms with van der Waals surface area (Å²) in [5, 5.41) is 11.5. The molecule has 1 aliphatic heterocycles. The lowest BCUT2D eigenvalue weighted by Crippen LogP contribution is -2.62. The molecule has 0 aromatic carbocycles. The standard InChI is InChI=1S/C17H28N2O7/c1-15(2,3)26-14(21)18-11-9(10(11)13(20)24-8)12(25-17(18,6)7)16(4,5)19(22)23/h9-12H,1-8H3/t9-,10-,11-,12+/m0/s1. The number of fused-ring (bicyclic) bond motifs is 1. The quantitative estimate of drug-likeness (QED) is 0.424. The molecule has 2 aliphatic rings. The topological polar surface area (TPSA) is 108 Å². The maximum atomic E-state index is 12.8. The number of hydrogen-bond acceptors (Lipinski definition) is 7. The lowest BCUT2D eigenvalue weighted by Gasteiger charge is -2.46. The molecular weight excluding hydrogens is 344 g/mol. The summed E-state index contributed by atoms with van der Waals surface area (Å²) in [6.07, 6.45) is -1.47. The van der Waals surface area contributed by atoms with Crippen molar-refractivity contribution in [2.24, 2.45) is 11.8 Å². The summed E-state index contributed by atoms with van der Waals surface area (Å²) in [6.45, 7) is 11.4. The highest BCUT2D eigenvalue weighted by Crippen LogP contribution is 2.56. The van der Waals surface area contributed by atoms with Gasteiger partial charge in [0.15, 0.2) is 0 Å². The fourth-order valence-electron chi connectivity index (χ4n) is 3.63. The van der Waals surface area contributed by atoms with E-state index in [1.54, 1.807) is 34.6 Å². The first-order chi connectivity index (χ1) is 11.6. The minimum Gasteiger partial charge on any atom is -0.469 e. The zero-order valence-electron chi connectivity index (χ0n) is 16.6. The number of rotatable bonds is 3. The predicted octanol–water partition coefficient (Wildman–Crippen LogP) is 2.20. The molecule has 0 spiro atoms. The molecule has 0 unspecified atom stereocenters. The first-order valence-electron chi connectivity index (χ1n) is 8.57. The van der Waals surface area contributed by atoms with Crippen molar-refractivity contribution in [3.8, 4) is 0 Å². The Morgan fingerprint density at radius 2 is 1.73 bits per heavy atom. The van der Waals surface area contributed by atoms with Crippen LogP contribution in [0.5, 0.6) is 0 Å². The van der Waals surface area contributed by atoms with Gasteiger partial charge in [-0.2, -0.15) is 0 Å². The van der Waals surface area contributed by atoms with E-state index in [9.17, 15) is 19.7 Å². The number of nitro groups is 1. The number of carbonyl (C=O) groups excluding carboxylic acids is 2. The first kappa shape index (κ1) is 20.4. The van der Waals surface area contributed by atoms with E-state index in [0.717, 1.165) is 0 Å². The summed E-state index contributed by atoms with van der Waals surface area (Å²) in [6, 6.07) is -0.565. The van der Waals surface area contributed by atoms with Gasteiger partial charge in [-0.3, -0.25) is 19.8 Å². The van der Waals surface area contributed by atoms with Crippen molar-refractivity contribution in [1.82, 2.24) is 4.90 Å². The molecule has 1 saturated carbocycles. The van der Waals surface area contributed by atoms with Crippen LogP contribution in [0.2, 0.25) is 0 Å². The van der Waals surface area contributed by atoms with E-state index in [1.165, 1.54) is 25.9 Å². The minimum absolute atomic E-state index is 0.416. The zero-order valence-corrected chi connectivity index (χ0v) is 16.6. The van der Waals surface area contributed by atoms with Crippen LogP contribution < -0.4 is 0 Å². The number of nitrogens with zero attached hydrogens (tertiary/aromatic N) is 2. The monoisotopic (exact) mass is 372 g/mol. The Bertz CT molecular complexity index is 623. The molecule has 2 rings (SSSR count). The summed E-state index contributed by atoms with van der Waals surface area (Å²) in [5.41, 5.74) is -3.33. The molecule has 1 saturated heterocycles. The van der Waals surface area contributed by atoms with Crippen LogP contribution in [0.15, 0.2) is 0 Å². The van der Waals surface area contributed by atoms with Crippen molar-refractivity contribution < 1.29 is 28.7 Å². The van der Waals surface area contributed by atoms with Crippen LogP contribution in [-0.2, 0) is 19.0 Å². The highest BCUT2D eigenvalue weighted by atomic mass is 16.6. The highest BCUT2D eigenvalue weighted by molar-refractivity contribution is 5.80. The van der Waals surface area contributed by atoms with Crippen LogP contribution >= 0.6 is 0 Å². The third kappa shape index (κ3) is 3.36. The van der Waals surface area contributed by atoms with Crippen LogP contribution in [0.25, 0.3) is 0 Å². The molecular formula is C17H28N2O7. The number of carbonyl (C=O) groups is 2. The van der Waals surface area contributed by atoms with Crippen molar-refractivity contribution in [2.45, 2.75) is 77.5 Å². The third-order valence-electron chi connectivity index (χ3n) is 4.91. The maximum Gasteiger partial charge on any atom is 0.412 e. The molecule has 1 heterocycles. The van der Waals surface area contributed by atoms with Gasteiger partial charge in [0.05, 0.1) is 19.1 Å². The molecule has 1 aliphatic carbocycles. The van der Waals surface area contributed by atoms with Crippen LogP contribution in [-0.4, -0.2) is 58.0 Å². The van der Waals surface area contributed by atoms with Gasteiger partial charge in [0.25, 0.3) is 0 Å². The summed E-state index contributed by atoms with van der Waals surface area (Å²) < 4.78 is 16.3. The van der Waals surface area contributed by atoms with Crippen molar-refractivity contribution in [3.05, 3.63) is 10.1 Å². The van der Waals surface area contributed by atoms with E-state index in [1.807, 2.05) is 0 Å². The van der Waals surface area contributed by atoms with Gasteiger partial charge in [-0.15, -0.1) is 0 Å². The number of amides is 1.